The summed E-state index contributed by atoms with van der Waals surface area (Å²) in [5, 5.41) is 9.09. The van der Waals surface area contributed by atoms with Gasteiger partial charge in [-0.25, -0.2) is 0 Å². The maximum absolute atomic E-state index is 5.29. The summed E-state index contributed by atoms with van der Waals surface area (Å²) < 4.78 is 5.29. The van der Waals surface area contributed by atoms with Gasteiger partial charge in [-0.15, -0.1) is 0 Å². The number of ether oxygens (including phenoxy) is 1. The van der Waals surface area contributed by atoms with Crippen LogP contribution in [0.5, 0.6) is 5.75 Å². The van der Waals surface area contributed by atoms with Crippen molar-refractivity contribution in [1.82, 2.24) is 0 Å². The second-order valence-electron chi connectivity index (χ2n) is 5.35. The molecule has 96 valence electrons. The molecule has 0 saturated heterocycles. The first-order chi connectivity index (χ1) is 9.36. The molecule has 2 unspecified atom stereocenters. The molecule has 0 bridgehead atoms. The van der Waals surface area contributed by atoms with E-state index >= 15 is 0 Å². The Morgan fingerprint density at radius 2 is 2.16 bits per heavy atom. The predicted octanol–water partition coefficient (Wildman–Crippen LogP) is 4.08. The molecule has 0 aromatic heterocycles. The normalized spacial score (nSPS) is 27.0. The van der Waals surface area contributed by atoms with Crippen molar-refractivity contribution in [2.24, 2.45) is 10.2 Å². The Hall–Kier alpha value is -1.90. The van der Waals surface area contributed by atoms with E-state index in [0.29, 0.717) is 6.04 Å². The quantitative estimate of drug-likeness (QED) is 0.741. The monoisotopic (exact) mass is 252 g/mol. The highest BCUT2D eigenvalue weighted by atomic mass is 16.5. The standard InChI is InChI=1S/C16H16N2O/c1-19-11-6-8-12-10(9-11)5-7-14-13-3-2-4-15(13)17-18-16(12)14/h5-9,15-16H,2-4H2,1H3. The van der Waals surface area contributed by atoms with E-state index in [1.54, 1.807) is 7.11 Å². The van der Waals surface area contributed by atoms with E-state index in [0.717, 1.165) is 5.75 Å². The van der Waals surface area contributed by atoms with Gasteiger partial charge < -0.3 is 4.74 Å². The summed E-state index contributed by atoms with van der Waals surface area (Å²) in [5.74, 6) is 0.894. The van der Waals surface area contributed by atoms with Gasteiger partial charge in [0.2, 0.25) is 0 Å². The topological polar surface area (TPSA) is 34.0 Å². The fraction of sp³-hybridized carbons (Fsp3) is 0.375. The van der Waals surface area contributed by atoms with Crippen LogP contribution in [0.25, 0.3) is 6.08 Å². The van der Waals surface area contributed by atoms with Crippen molar-refractivity contribution < 1.29 is 4.74 Å². The molecule has 4 rings (SSSR count). The molecule has 0 N–H and O–H groups in total. The van der Waals surface area contributed by atoms with Crippen LogP contribution in [0.15, 0.2) is 45.6 Å². The third kappa shape index (κ3) is 1.57. The Morgan fingerprint density at radius 1 is 1.21 bits per heavy atom. The Balaban J connectivity index is 1.85. The van der Waals surface area contributed by atoms with E-state index in [1.807, 2.05) is 6.07 Å². The van der Waals surface area contributed by atoms with E-state index in [2.05, 4.69) is 34.5 Å². The number of benzene rings is 1. The molecule has 2 atom stereocenters. The molecule has 1 aliphatic heterocycles. The molecule has 3 aliphatic rings. The van der Waals surface area contributed by atoms with Crippen LogP contribution in [0.1, 0.15) is 36.4 Å². The van der Waals surface area contributed by atoms with Crippen molar-refractivity contribution >= 4 is 6.08 Å². The number of hydrogen-bond acceptors (Lipinski definition) is 3. The second kappa shape index (κ2) is 4.05. The van der Waals surface area contributed by atoms with E-state index in [-0.39, 0.29) is 6.04 Å². The smallest absolute Gasteiger partial charge is 0.121 e. The van der Waals surface area contributed by atoms with E-state index in [1.165, 1.54) is 41.5 Å². The van der Waals surface area contributed by atoms with Crippen molar-refractivity contribution in [3.05, 3.63) is 46.5 Å². The molecule has 3 nitrogen and oxygen atoms in total. The summed E-state index contributed by atoms with van der Waals surface area (Å²) in [6.45, 7) is 0. The first-order valence-corrected chi connectivity index (χ1v) is 6.86. The van der Waals surface area contributed by atoms with Gasteiger partial charge in [-0.3, -0.25) is 0 Å². The van der Waals surface area contributed by atoms with Gasteiger partial charge >= 0.3 is 0 Å². The Bertz CT molecular complexity index is 628. The number of hydrogen-bond donors (Lipinski definition) is 0. The van der Waals surface area contributed by atoms with Gasteiger partial charge in [-0.1, -0.05) is 18.2 Å². The molecule has 2 aliphatic carbocycles. The van der Waals surface area contributed by atoms with Crippen molar-refractivity contribution in [3.8, 4) is 5.75 Å². The molecule has 1 fully saturated rings. The van der Waals surface area contributed by atoms with Gasteiger partial charge in [0.25, 0.3) is 0 Å². The van der Waals surface area contributed by atoms with Crippen molar-refractivity contribution in [2.45, 2.75) is 31.3 Å². The predicted molar refractivity (Wildman–Crippen MR) is 74.3 cm³/mol. The van der Waals surface area contributed by atoms with Crippen molar-refractivity contribution in [3.63, 3.8) is 0 Å². The minimum absolute atomic E-state index is 0.107. The van der Waals surface area contributed by atoms with Crippen LogP contribution in [0.4, 0.5) is 0 Å². The van der Waals surface area contributed by atoms with Crippen LogP contribution in [-0.4, -0.2) is 13.2 Å². The van der Waals surface area contributed by atoms with E-state index < -0.39 is 0 Å². The number of methoxy groups -OCH3 is 1. The zero-order valence-corrected chi connectivity index (χ0v) is 11.0. The zero-order valence-electron chi connectivity index (χ0n) is 11.0. The summed E-state index contributed by atoms with van der Waals surface area (Å²) >= 11 is 0. The number of azo groups is 1. The van der Waals surface area contributed by atoms with Gasteiger partial charge in [-0.2, -0.15) is 10.2 Å². The first-order valence-electron chi connectivity index (χ1n) is 6.86. The molecular weight excluding hydrogens is 236 g/mol. The molecule has 3 heteroatoms. The minimum Gasteiger partial charge on any atom is -0.497 e. The Morgan fingerprint density at radius 3 is 3.05 bits per heavy atom. The molecule has 0 radical (unpaired) electrons. The van der Waals surface area contributed by atoms with Gasteiger partial charge in [-0.05, 0) is 53.7 Å². The summed E-state index contributed by atoms with van der Waals surface area (Å²) in [4.78, 5) is 0. The highest BCUT2D eigenvalue weighted by molar-refractivity contribution is 5.66. The average Bonchev–Trinajstić information content (AvgIpc) is 2.94. The van der Waals surface area contributed by atoms with Gasteiger partial charge in [0.1, 0.15) is 11.8 Å². The largest absolute Gasteiger partial charge is 0.497 e. The molecule has 1 aromatic carbocycles. The highest BCUT2D eigenvalue weighted by Crippen LogP contribution is 2.45. The third-order valence-electron chi connectivity index (χ3n) is 4.34. The molecule has 1 heterocycles. The van der Waals surface area contributed by atoms with Crippen LogP contribution in [-0.2, 0) is 0 Å². The van der Waals surface area contributed by atoms with E-state index in [9.17, 15) is 0 Å². The number of nitrogens with zero attached hydrogens (tertiary/aromatic N) is 2. The fourth-order valence-electron chi connectivity index (χ4n) is 3.36. The summed E-state index contributed by atoms with van der Waals surface area (Å²) in [6, 6.07) is 6.67. The zero-order chi connectivity index (χ0) is 12.8. The lowest BCUT2D eigenvalue weighted by Crippen LogP contribution is -2.15. The van der Waals surface area contributed by atoms with E-state index in [4.69, 9.17) is 4.74 Å². The minimum atomic E-state index is 0.107. The van der Waals surface area contributed by atoms with Crippen LogP contribution in [0.3, 0.4) is 0 Å². The second-order valence-corrected chi connectivity index (χ2v) is 5.35. The lowest BCUT2D eigenvalue weighted by atomic mass is 9.85. The lowest BCUT2D eigenvalue weighted by Gasteiger charge is -2.27. The SMILES string of the molecule is COc1ccc2c(c1)C=CC1=C3CCCC3N=NC12. The molecule has 1 saturated carbocycles. The molecule has 0 spiro atoms. The average molecular weight is 252 g/mol. The van der Waals surface area contributed by atoms with Crippen molar-refractivity contribution in [2.75, 3.05) is 7.11 Å². The number of rotatable bonds is 1. The summed E-state index contributed by atoms with van der Waals surface area (Å²) in [7, 11) is 1.70. The summed E-state index contributed by atoms with van der Waals surface area (Å²) in [6.07, 6.45) is 8.02. The van der Waals surface area contributed by atoms with Gasteiger partial charge in [0.15, 0.2) is 0 Å². The van der Waals surface area contributed by atoms with Crippen LogP contribution >= 0.6 is 0 Å². The van der Waals surface area contributed by atoms with Gasteiger partial charge in [0, 0.05) is 0 Å². The van der Waals surface area contributed by atoms with Gasteiger partial charge in [0.05, 0.1) is 13.2 Å². The molecule has 1 aromatic rings. The van der Waals surface area contributed by atoms with Crippen LogP contribution in [0, 0.1) is 0 Å². The Labute approximate surface area is 112 Å². The first kappa shape index (κ1) is 11.0. The Kier molecular flexibility index (Phi) is 2.34. The van der Waals surface area contributed by atoms with Crippen LogP contribution < -0.4 is 4.74 Å². The lowest BCUT2D eigenvalue weighted by molar-refractivity contribution is 0.414. The summed E-state index contributed by atoms with van der Waals surface area (Å²) in [5.41, 5.74) is 5.34. The fourth-order valence-corrected chi connectivity index (χ4v) is 3.36. The number of fused-ring (bicyclic) bond motifs is 4. The maximum Gasteiger partial charge on any atom is 0.121 e. The highest BCUT2D eigenvalue weighted by Gasteiger charge is 2.33. The molecule has 0 amide bonds. The maximum atomic E-state index is 5.29. The van der Waals surface area contributed by atoms with Crippen molar-refractivity contribution in [1.29, 1.82) is 0 Å². The third-order valence-corrected chi connectivity index (χ3v) is 4.34. The van der Waals surface area contributed by atoms with Crippen LogP contribution in [0.2, 0.25) is 0 Å². The molecule has 19 heavy (non-hydrogen) atoms. The molecular formula is C16H16N2O.